The molecule has 1 unspecified atom stereocenters. The molecule has 0 saturated carbocycles. The Balaban J connectivity index is 1.95. The van der Waals surface area contributed by atoms with Crippen molar-refractivity contribution in [3.05, 3.63) is 35.5 Å². The van der Waals surface area contributed by atoms with Crippen LogP contribution in [0.3, 0.4) is 0 Å². The lowest BCUT2D eigenvalue weighted by atomic mass is 10.2. The molecule has 108 valence electrons. The van der Waals surface area contributed by atoms with Crippen LogP contribution in [0, 0.1) is 0 Å². The van der Waals surface area contributed by atoms with Crippen LogP contribution in [0.25, 0.3) is 10.9 Å². The number of halogens is 1. The molecular formula is C15H13ClN2O2S. The van der Waals surface area contributed by atoms with Gasteiger partial charge in [-0.05, 0) is 6.07 Å². The summed E-state index contributed by atoms with van der Waals surface area (Å²) in [6, 6.07) is 7.55. The Bertz CT molecular complexity index is 735. The second-order valence-corrected chi connectivity index (χ2v) is 6.77. The molecule has 1 fully saturated rings. The van der Waals surface area contributed by atoms with E-state index in [9.17, 15) is 9.59 Å². The summed E-state index contributed by atoms with van der Waals surface area (Å²) in [5.41, 5.74) is 1.42. The van der Waals surface area contributed by atoms with E-state index in [1.807, 2.05) is 24.3 Å². The first-order valence-corrected chi connectivity index (χ1v) is 7.83. The van der Waals surface area contributed by atoms with Gasteiger partial charge in [-0.3, -0.25) is 14.6 Å². The van der Waals surface area contributed by atoms with Gasteiger partial charge in [-0.25, -0.2) is 0 Å². The Morgan fingerprint density at radius 1 is 1.43 bits per heavy atom. The van der Waals surface area contributed by atoms with E-state index in [1.165, 1.54) is 18.7 Å². The molecule has 3 rings (SSSR count). The summed E-state index contributed by atoms with van der Waals surface area (Å²) in [6.07, 6.45) is 1.98. The predicted molar refractivity (Wildman–Crippen MR) is 85.8 cm³/mol. The van der Waals surface area contributed by atoms with Gasteiger partial charge in [-0.2, -0.15) is 0 Å². The normalized spacial score (nSPS) is 18.5. The van der Waals surface area contributed by atoms with Gasteiger partial charge in [0.25, 0.3) is 0 Å². The molecule has 0 radical (unpaired) electrons. The number of nitrogens with zero attached hydrogens (tertiary/aromatic N) is 2. The van der Waals surface area contributed by atoms with E-state index >= 15 is 0 Å². The zero-order chi connectivity index (χ0) is 15.0. The van der Waals surface area contributed by atoms with Crippen molar-refractivity contribution >= 4 is 51.0 Å². The average molecular weight is 321 g/mol. The van der Waals surface area contributed by atoms with Crippen LogP contribution >= 0.6 is 23.4 Å². The summed E-state index contributed by atoms with van der Waals surface area (Å²) in [6.45, 7) is 2.01. The number of hydrogen-bond acceptors (Lipinski definition) is 4. The van der Waals surface area contributed by atoms with Gasteiger partial charge in [0.15, 0.2) is 5.12 Å². The molecule has 1 saturated heterocycles. The smallest absolute Gasteiger partial charge is 0.228 e. The standard InChI is InChI=1S/C15H13ClN2O2S/c1-9(19)21-10-6-14(20)18(8-10)13-7-17-12-5-3-2-4-11(12)15(13)16/h2-5,7,10H,6,8H2,1H3. The van der Waals surface area contributed by atoms with E-state index in [4.69, 9.17) is 11.6 Å². The maximum absolute atomic E-state index is 12.2. The first kappa shape index (κ1) is 14.4. The van der Waals surface area contributed by atoms with Gasteiger partial charge in [-0.15, -0.1) is 0 Å². The average Bonchev–Trinajstić information content (AvgIpc) is 2.79. The SMILES string of the molecule is CC(=O)SC1CC(=O)N(c2cnc3ccccc3c2Cl)C1. The molecule has 1 aliphatic heterocycles. The molecule has 0 N–H and O–H groups in total. The van der Waals surface area contributed by atoms with Gasteiger partial charge in [0.1, 0.15) is 0 Å². The first-order chi connectivity index (χ1) is 10.1. The summed E-state index contributed by atoms with van der Waals surface area (Å²) in [5, 5.41) is 1.37. The molecule has 1 atom stereocenters. The van der Waals surface area contributed by atoms with E-state index in [0.717, 1.165) is 10.9 Å². The molecule has 1 aromatic carbocycles. The number of benzene rings is 1. The quantitative estimate of drug-likeness (QED) is 0.852. The minimum absolute atomic E-state index is 0.0162. The lowest BCUT2D eigenvalue weighted by molar-refractivity contribution is -0.117. The minimum Gasteiger partial charge on any atom is -0.308 e. The summed E-state index contributed by atoms with van der Waals surface area (Å²) in [7, 11) is 0. The highest BCUT2D eigenvalue weighted by molar-refractivity contribution is 8.14. The van der Waals surface area contributed by atoms with Gasteiger partial charge in [0.2, 0.25) is 5.91 Å². The van der Waals surface area contributed by atoms with Crippen molar-refractivity contribution in [1.29, 1.82) is 0 Å². The highest BCUT2D eigenvalue weighted by Gasteiger charge is 2.33. The highest BCUT2D eigenvalue weighted by Crippen LogP contribution is 2.36. The van der Waals surface area contributed by atoms with Crippen LogP contribution < -0.4 is 4.90 Å². The van der Waals surface area contributed by atoms with Crippen LogP contribution in [0.4, 0.5) is 5.69 Å². The van der Waals surface area contributed by atoms with E-state index in [-0.39, 0.29) is 16.3 Å². The topological polar surface area (TPSA) is 50.3 Å². The van der Waals surface area contributed by atoms with Crippen LogP contribution in [0.2, 0.25) is 5.02 Å². The number of thioether (sulfide) groups is 1. The van der Waals surface area contributed by atoms with Crippen molar-refractivity contribution in [3.8, 4) is 0 Å². The number of para-hydroxylation sites is 1. The van der Waals surface area contributed by atoms with Crippen LogP contribution in [-0.4, -0.2) is 27.8 Å². The zero-order valence-corrected chi connectivity index (χ0v) is 12.9. The maximum Gasteiger partial charge on any atom is 0.228 e. The van der Waals surface area contributed by atoms with Gasteiger partial charge in [-0.1, -0.05) is 41.6 Å². The molecule has 2 heterocycles. The van der Waals surface area contributed by atoms with Crippen molar-refractivity contribution < 1.29 is 9.59 Å². The predicted octanol–water partition coefficient (Wildman–Crippen LogP) is 3.27. The lowest BCUT2D eigenvalue weighted by Crippen LogP contribution is -2.25. The Morgan fingerprint density at radius 2 is 2.19 bits per heavy atom. The van der Waals surface area contributed by atoms with E-state index in [0.29, 0.717) is 23.7 Å². The number of amides is 1. The molecule has 1 aromatic heterocycles. The summed E-state index contributed by atoms with van der Waals surface area (Å²) in [5.74, 6) is -0.0206. The molecular weight excluding hydrogens is 308 g/mol. The van der Waals surface area contributed by atoms with Crippen LogP contribution in [-0.2, 0) is 9.59 Å². The minimum atomic E-state index is -0.0206. The fourth-order valence-corrected chi connectivity index (χ4v) is 3.74. The van der Waals surface area contributed by atoms with Crippen LogP contribution in [0.1, 0.15) is 13.3 Å². The zero-order valence-electron chi connectivity index (χ0n) is 11.4. The Labute approximate surface area is 131 Å². The highest BCUT2D eigenvalue weighted by atomic mass is 35.5. The van der Waals surface area contributed by atoms with Gasteiger partial charge in [0, 0.05) is 30.5 Å². The largest absolute Gasteiger partial charge is 0.308 e. The number of aromatic nitrogens is 1. The first-order valence-electron chi connectivity index (χ1n) is 6.57. The molecule has 4 nitrogen and oxygen atoms in total. The summed E-state index contributed by atoms with van der Waals surface area (Å²) < 4.78 is 0. The van der Waals surface area contributed by atoms with Crippen molar-refractivity contribution in [2.75, 3.05) is 11.4 Å². The molecule has 2 aromatic rings. The number of carbonyl (C=O) groups excluding carboxylic acids is 2. The van der Waals surface area contributed by atoms with E-state index in [2.05, 4.69) is 4.98 Å². The summed E-state index contributed by atoms with van der Waals surface area (Å²) in [4.78, 5) is 29.3. The molecule has 1 amide bonds. The van der Waals surface area contributed by atoms with Crippen LogP contribution in [0.5, 0.6) is 0 Å². The monoisotopic (exact) mass is 320 g/mol. The number of anilines is 1. The van der Waals surface area contributed by atoms with Crippen molar-refractivity contribution in [2.24, 2.45) is 0 Å². The number of rotatable bonds is 2. The van der Waals surface area contributed by atoms with Gasteiger partial charge in [0.05, 0.1) is 22.4 Å². The number of pyridine rings is 1. The third-order valence-electron chi connectivity index (χ3n) is 3.40. The van der Waals surface area contributed by atoms with Crippen molar-refractivity contribution in [2.45, 2.75) is 18.6 Å². The van der Waals surface area contributed by atoms with E-state index in [1.54, 1.807) is 11.1 Å². The van der Waals surface area contributed by atoms with Crippen molar-refractivity contribution in [3.63, 3.8) is 0 Å². The summed E-state index contributed by atoms with van der Waals surface area (Å²) >= 11 is 7.64. The lowest BCUT2D eigenvalue weighted by Gasteiger charge is -2.18. The number of fused-ring (bicyclic) bond motifs is 1. The third-order valence-corrected chi connectivity index (χ3v) is 4.78. The Kier molecular flexibility index (Phi) is 3.87. The fraction of sp³-hybridized carbons (Fsp3) is 0.267. The number of carbonyl (C=O) groups is 2. The third kappa shape index (κ3) is 2.76. The maximum atomic E-state index is 12.2. The second kappa shape index (κ2) is 5.66. The van der Waals surface area contributed by atoms with E-state index < -0.39 is 0 Å². The molecule has 0 spiro atoms. The Hall–Kier alpha value is -1.59. The molecule has 6 heteroatoms. The van der Waals surface area contributed by atoms with Gasteiger partial charge >= 0.3 is 0 Å². The molecule has 21 heavy (non-hydrogen) atoms. The van der Waals surface area contributed by atoms with Crippen molar-refractivity contribution in [1.82, 2.24) is 4.98 Å². The molecule has 1 aliphatic rings. The fourth-order valence-electron chi connectivity index (χ4n) is 2.51. The molecule has 0 aliphatic carbocycles. The van der Waals surface area contributed by atoms with Gasteiger partial charge < -0.3 is 4.90 Å². The Morgan fingerprint density at radius 3 is 2.95 bits per heavy atom. The second-order valence-electron chi connectivity index (χ2n) is 4.91. The number of hydrogen-bond donors (Lipinski definition) is 0. The molecule has 0 bridgehead atoms. The van der Waals surface area contributed by atoms with Crippen LogP contribution in [0.15, 0.2) is 30.5 Å².